The molecule has 3 rings (SSSR count). The summed E-state index contributed by atoms with van der Waals surface area (Å²) in [6.07, 6.45) is 4.58. The molecule has 3 aromatic rings. The number of hydrogen-bond acceptors (Lipinski definition) is 4. The van der Waals surface area contributed by atoms with E-state index in [4.69, 9.17) is 11.6 Å². The first-order chi connectivity index (χ1) is 11.5. The number of ether oxygens (including phenoxy) is 1. The summed E-state index contributed by atoms with van der Waals surface area (Å²) in [6.45, 7) is -2.89. The van der Waals surface area contributed by atoms with Crippen LogP contribution in [0.1, 0.15) is 17.5 Å². The monoisotopic (exact) mass is 356 g/mol. The van der Waals surface area contributed by atoms with Crippen LogP contribution in [-0.4, -0.2) is 26.2 Å². The maximum atomic E-state index is 13.5. The summed E-state index contributed by atoms with van der Waals surface area (Å²) < 4.78 is 42.9. The second-order valence-electron chi connectivity index (χ2n) is 5.05. The maximum absolute atomic E-state index is 13.5. The molecule has 9 heteroatoms. The van der Waals surface area contributed by atoms with Gasteiger partial charge in [0.15, 0.2) is 10.8 Å². The van der Waals surface area contributed by atoms with E-state index in [0.29, 0.717) is 18.5 Å². The second kappa shape index (κ2) is 7.04. The van der Waals surface area contributed by atoms with Gasteiger partial charge in [-0.25, -0.2) is 9.97 Å². The Balaban J connectivity index is 1.64. The number of halogens is 4. The highest BCUT2D eigenvalue weighted by molar-refractivity contribution is 6.29. The third-order valence-corrected chi connectivity index (χ3v) is 3.58. The van der Waals surface area contributed by atoms with E-state index < -0.39 is 12.6 Å². The van der Waals surface area contributed by atoms with Crippen LogP contribution in [0, 0.1) is 5.95 Å². The number of imidazole rings is 1. The van der Waals surface area contributed by atoms with Gasteiger partial charge in [-0.2, -0.15) is 22.8 Å². The lowest BCUT2D eigenvalue weighted by atomic mass is 10.1. The summed E-state index contributed by atoms with van der Waals surface area (Å²) in [5, 5.41) is 4.04. The van der Waals surface area contributed by atoms with Gasteiger partial charge in [0, 0.05) is 17.8 Å². The van der Waals surface area contributed by atoms with Crippen LogP contribution >= 0.6 is 11.6 Å². The molecular weight excluding hydrogens is 345 g/mol. The molecule has 0 aliphatic carbocycles. The van der Waals surface area contributed by atoms with Crippen molar-refractivity contribution in [3.63, 3.8) is 0 Å². The normalized spacial score (nSPS) is 11.4. The highest BCUT2D eigenvalue weighted by Gasteiger charge is 2.11. The van der Waals surface area contributed by atoms with Crippen molar-refractivity contribution in [3.05, 3.63) is 52.8 Å². The molecule has 0 N–H and O–H groups in total. The van der Waals surface area contributed by atoms with E-state index >= 15 is 0 Å². The summed E-state index contributed by atoms with van der Waals surface area (Å²) in [7, 11) is 0. The van der Waals surface area contributed by atoms with Crippen LogP contribution in [0.2, 0.25) is 5.15 Å². The van der Waals surface area contributed by atoms with E-state index in [-0.39, 0.29) is 11.0 Å². The number of aromatic nitrogens is 4. The molecule has 0 saturated heterocycles. The zero-order valence-corrected chi connectivity index (χ0v) is 13.1. The highest BCUT2D eigenvalue weighted by Crippen LogP contribution is 2.18. The molecule has 24 heavy (non-hydrogen) atoms. The zero-order valence-electron chi connectivity index (χ0n) is 12.3. The van der Waals surface area contributed by atoms with Crippen molar-refractivity contribution in [1.82, 2.24) is 19.6 Å². The number of nitrogens with zero attached hydrogens (tertiary/aromatic N) is 4. The number of alkyl halides is 2. The summed E-state index contributed by atoms with van der Waals surface area (Å²) >= 11 is 5.90. The Kier molecular flexibility index (Phi) is 4.84. The average molecular weight is 357 g/mol. The number of pyridine rings is 1. The summed E-state index contributed by atoms with van der Waals surface area (Å²) in [6, 6.07) is 4.73. The molecule has 3 heterocycles. The van der Waals surface area contributed by atoms with Gasteiger partial charge in [0.2, 0.25) is 11.8 Å². The van der Waals surface area contributed by atoms with Crippen LogP contribution in [0.5, 0.6) is 5.88 Å². The van der Waals surface area contributed by atoms with Crippen molar-refractivity contribution < 1.29 is 17.9 Å². The Bertz CT molecular complexity index is 839. The summed E-state index contributed by atoms with van der Waals surface area (Å²) in [4.78, 5) is 7.80. The average Bonchev–Trinajstić information content (AvgIpc) is 2.90. The van der Waals surface area contributed by atoms with Crippen molar-refractivity contribution in [3.8, 4) is 5.88 Å². The van der Waals surface area contributed by atoms with E-state index in [2.05, 4.69) is 19.8 Å². The fourth-order valence-electron chi connectivity index (χ4n) is 2.36. The molecule has 0 aliphatic rings. The van der Waals surface area contributed by atoms with Gasteiger partial charge in [-0.15, -0.1) is 0 Å². The molecule has 0 amide bonds. The summed E-state index contributed by atoms with van der Waals surface area (Å²) in [5.41, 5.74) is 2.09. The molecule has 0 radical (unpaired) electrons. The molecule has 0 atom stereocenters. The predicted octanol–water partition coefficient (Wildman–Crippen LogP) is 3.69. The SMILES string of the molecule is Fc1cnc2c(CCCc3ccc(OC(F)F)nc3)cc(Cl)nn12. The lowest BCUT2D eigenvalue weighted by molar-refractivity contribution is -0.0528. The van der Waals surface area contributed by atoms with Crippen LogP contribution in [0.3, 0.4) is 0 Å². The van der Waals surface area contributed by atoms with Gasteiger partial charge in [-0.3, -0.25) is 0 Å². The minimum absolute atomic E-state index is 0.121. The maximum Gasteiger partial charge on any atom is 0.388 e. The van der Waals surface area contributed by atoms with Crippen molar-refractivity contribution in [2.75, 3.05) is 0 Å². The van der Waals surface area contributed by atoms with Gasteiger partial charge in [-0.1, -0.05) is 17.7 Å². The minimum atomic E-state index is -2.89. The first-order valence-electron chi connectivity index (χ1n) is 7.11. The number of aryl methyl sites for hydroxylation is 2. The topological polar surface area (TPSA) is 52.3 Å². The standard InChI is InChI=1S/C15H12ClF3N4O/c16-11-6-10(14-21-8-12(17)23(14)22-11)3-1-2-9-4-5-13(20-7-9)24-15(18)19/h4-8,15H,1-3H2. The molecule has 126 valence electrons. The Morgan fingerprint density at radius 2 is 2.00 bits per heavy atom. The molecule has 0 spiro atoms. The number of fused-ring (bicyclic) bond motifs is 1. The first-order valence-corrected chi connectivity index (χ1v) is 7.49. The Morgan fingerprint density at radius 3 is 2.71 bits per heavy atom. The van der Waals surface area contributed by atoms with Crippen LogP contribution < -0.4 is 4.74 Å². The van der Waals surface area contributed by atoms with E-state index in [1.54, 1.807) is 12.1 Å². The van der Waals surface area contributed by atoms with Gasteiger partial charge >= 0.3 is 6.61 Å². The van der Waals surface area contributed by atoms with Gasteiger partial charge in [-0.05, 0) is 30.9 Å². The van der Waals surface area contributed by atoms with Crippen LogP contribution in [-0.2, 0) is 12.8 Å². The highest BCUT2D eigenvalue weighted by atomic mass is 35.5. The van der Waals surface area contributed by atoms with E-state index in [0.717, 1.165) is 28.3 Å². The van der Waals surface area contributed by atoms with E-state index in [1.807, 2.05) is 0 Å². The van der Waals surface area contributed by atoms with Gasteiger partial charge in [0.25, 0.3) is 0 Å². The number of hydrogen-bond donors (Lipinski definition) is 0. The Morgan fingerprint density at radius 1 is 1.17 bits per heavy atom. The fourth-order valence-corrected chi connectivity index (χ4v) is 2.57. The van der Waals surface area contributed by atoms with Crippen molar-refractivity contribution >= 4 is 17.2 Å². The lowest BCUT2D eigenvalue weighted by Gasteiger charge is -2.06. The Hall–Kier alpha value is -2.35. The molecule has 0 saturated carbocycles. The molecular formula is C15H12ClF3N4O. The molecule has 0 aliphatic heterocycles. The fraction of sp³-hybridized carbons (Fsp3) is 0.267. The van der Waals surface area contributed by atoms with Crippen molar-refractivity contribution in [2.24, 2.45) is 0 Å². The predicted molar refractivity (Wildman–Crippen MR) is 80.8 cm³/mol. The van der Waals surface area contributed by atoms with Crippen molar-refractivity contribution in [2.45, 2.75) is 25.9 Å². The molecule has 0 unspecified atom stereocenters. The smallest absolute Gasteiger partial charge is 0.388 e. The van der Waals surface area contributed by atoms with Crippen molar-refractivity contribution in [1.29, 1.82) is 0 Å². The molecule has 3 aromatic heterocycles. The van der Waals surface area contributed by atoms with Gasteiger partial charge in [0.1, 0.15) is 0 Å². The van der Waals surface area contributed by atoms with Gasteiger partial charge < -0.3 is 4.74 Å². The number of rotatable bonds is 6. The van der Waals surface area contributed by atoms with Crippen LogP contribution in [0.4, 0.5) is 13.2 Å². The van der Waals surface area contributed by atoms with E-state index in [9.17, 15) is 13.2 Å². The summed E-state index contributed by atoms with van der Waals surface area (Å²) in [5.74, 6) is -0.697. The zero-order chi connectivity index (χ0) is 17.1. The third kappa shape index (κ3) is 3.76. The quantitative estimate of drug-likeness (QED) is 0.676. The van der Waals surface area contributed by atoms with Crippen LogP contribution in [0.15, 0.2) is 30.6 Å². The molecule has 5 nitrogen and oxygen atoms in total. The lowest BCUT2D eigenvalue weighted by Crippen LogP contribution is -2.03. The van der Waals surface area contributed by atoms with Gasteiger partial charge in [0.05, 0.1) is 6.20 Å². The molecule has 0 aromatic carbocycles. The molecule has 0 bridgehead atoms. The largest absolute Gasteiger partial charge is 0.417 e. The second-order valence-corrected chi connectivity index (χ2v) is 5.43. The van der Waals surface area contributed by atoms with Crippen LogP contribution in [0.25, 0.3) is 5.65 Å². The van der Waals surface area contributed by atoms with E-state index in [1.165, 1.54) is 12.3 Å². The first kappa shape index (κ1) is 16.5. The minimum Gasteiger partial charge on any atom is -0.417 e. The molecule has 0 fully saturated rings. The Labute approximate surface area is 140 Å². The third-order valence-electron chi connectivity index (χ3n) is 3.39.